The smallest absolute Gasteiger partial charge is 0.428 e. The SMILES string of the molecule is Cc1ccc(/C=N/NC(=O)OC(C)(C)C)o1. The monoisotopic (exact) mass is 224 g/mol. The van der Waals surface area contributed by atoms with E-state index in [1.807, 2.05) is 13.0 Å². The number of aryl methyl sites for hydroxylation is 1. The molecule has 0 atom stereocenters. The Bertz CT molecular complexity index is 388. The quantitative estimate of drug-likeness (QED) is 0.620. The number of carbonyl (C=O) groups is 1. The van der Waals surface area contributed by atoms with Gasteiger partial charge in [-0.3, -0.25) is 0 Å². The molecule has 1 heterocycles. The molecule has 1 rings (SSSR count). The zero-order chi connectivity index (χ0) is 12.2. The van der Waals surface area contributed by atoms with Crippen LogP contribution in [0.2, 0.25) is 0 Å². The van der Waals surface area contributed by atoms with E-state index in [-0.39, 0.29) is 0 Å². The van der Waals surface area contributed by atoms with Crippen LogP contribution in [-0.2, 0) is 4.74 Å². The Morgan fingerprint density at radius 2 is 2.19 bits per heavy atom. The van der Waals surface area contributed by atoms with Crippen LogP contribution in [-0.4, -0.2) is 17.9 Å². The molecule has 0 aliphatic carbocycles. The van der Waals surface area contributed by atoms with E-state index < -0.39 is 11.7 Å². The van der Waals surface area contributed by atoms with Gasteiger partial charge in [-0.1, -0.05) is 0 Å². The molecule has 1 N–H and O–H groups in total. The Balaban J connectivity index is 2.40. The van der Waals surface area contributed by atoms with Crippen molar-refractivity contribution in [3.63, 3.8) is 0 Å². The molecule has 0 fully saturated rings. The van der Waals surface area contributed by atoms with Gasteiger partial charge in [-0.15, -0.1) is 0 Å². The van der Waals surface area contributed by atoms with Crippen LogP contribution < -0.4 is 5.43 Å². The molecule has 16 heavy (non-hydrogen) atoms. The summed E-state index contributed by atoms with van der Waals surface area (Å²) >= 11 is 0. The summed E-state index contributed by atoms with van der Waals surface area (Å²) in [5.74, 6) is 1.37. The van der Waals surface area contributed by atoms with Gasteiger partial charge in [-0.25, -0.2) is 10.2 Å². The van der Waals surface area contributed by atoms with Crippen LogP contribution in [0.5, 0.6) is 0 Å². The Morgan fingerprint density at radius 3 is 2.69 bits per heavy atom. The highest BCUT2D eigenvalue weighted by Crippen LogP contribution is 2.06. The zero-order valence-electron chi connectivity index (χ0n) is 9.90. The van der Waals surface area contributed by atoms with Crippen molar-refractivity contribution in [3.8, 4) is 0 Å². The Morgan fingerprint density at radius 1 is 1.50 bits per heavy atom. The van der Waals surface area contributed by atoms with Crippen LogP contribution in [0, 0.1) is 6.92 Å². The maximum atomic E-state index is 11.2. The molecular formula is C11H16N2O3. The first-order chi connectivity index (χ1) is 7.37. The number of amides is 1. The van der Waals surface area contributed by atoms with Crippen LogP contribution in [0.1, 0.15) is 32.3 Å². The summed E-state index contributed by atoms with van der Waals surface area (Å²) in [6.45, 7) is 7.18. The number of nitrogens with one attached hydrogen (secondary N) is 1. The van der Waals surface area contributed by atoms with E-state index in [0.29, 0.717) is 5.76 Å². The predicted octanol–water partition coefficient (Wildman–Crippen LogP) is 2.45. The molecule has 0 saturated heterocycles. The summed E-state index contributed by atoms with van der Waals surface area (Å²) in [5.41, 5.74) is 1.72. The lowest BCUT2D eigenvalue weighted by Crippen LogP contribution is -2.29. The molecule has 0 saturated carbocycles. The largest absolute Gasteiger partial charge is 0.460 e. The molecule has 1 aromatic heterocycles. The number of furan rings is 1. The lowest BCUT2D eigenvalue weighted by Gasteiger charge is -2.18. The van der Waals surface area contributed by atoms with Gasteiger partial charge < -0.3 is 9.15 Å². The first-order valence-corrected chi connectivity index (χ1v) is 4.95. The molecule has 0 unspecified atom stereocenters. The molecule has 88 valence electrons. The van der Waals surface area contributed by atoms with E-state index in [1.54, 1.807) is 26.8 Å². The van der Waals surface area contributed by atoms with Crippen molar-refractivity contribution in [2.45, 2.75) is 33.3 Å². The zero-order valence-corrected chi connectivity index (χ0v) is 9.90. The van der Waals surface area contributed by atoms with E-state index in [0.717, 1.165) is 5.76 Å². The Labute approximate surface area is 94.5 Å². The number of carbonyl (C=O) groups excluding carboxylic acids is 1. The fraction of sp³-hybridized carbons (Fsp3) is 0.455. The number of hydrogen-bond acceptors (Lipinski definition) is 4. The third-order valence-corrected chi connectivity index (χ3v) is 1.51. The van der Waals surface area contributed by atoms with Gasteiger partial charge in [0.2, 0.25) is 0 Å². The minimum atomic E-state index is -0.591. The fourth-order valence-corrected chi connectivity index (χ4v) is 0.972. The number of hydrogen-bond donors (Lipinski definition) is 1. The first-order valence-electron chi connectivity index (χ1n) is 4.95. The van der Waals surface area contributed by atoms with Gasteiger partial charge in [0.15, 0.2) is 0 Å². The summed E-state index contributed by atoms with van der Waals surface area (Å²) < 4.78 is 10.2. The van der Waals surface area contributed by atoms with E-state index in [1.165, 1.54) is 6.21 Å². The highest BCUT2D eigenvalue weighted by molar-refractivity contribution is 5.77. The lowest BCUT2D eigenvalue weighted by atomic mass is 10.2. The van der Waals surface area contributed by atoms with E-state index in [9.17, 15) is 4.79 Å². The summed E-state index contributed by atoms with van der Waals surface area (Å²) in [5, 5.41) is 3.70. The standard InChI is InChI=1S/C11H16N2O3/c1-8-5-6-9(15-8)7-12-13-10(14)16-11(2,3)4/h5-7H,1-4H3,(H,13,14)/b12-7+. The second-order valence-corrected chi connectivity index (χ2v) is 4.32. The molecule has 0 aliphatic rings. The molecular weight excluding hydrogens is 208 g/mol. The minimum absolute atomic E-state index is 0.527. The molecule has 0 aromatic carbocycles. The van der Waals surface area contributed by atoms with Crippen molar-refractivity contribution in [1.29, 1.82) is 0 Å². The van der Waals surface area contributed by atoms with Crippen LogP contribution in [0.4, 0.5) is 4.79 Å². The third-order valence-electron chi connectivity index (χ3n) is 1.51. The fourth-order valence-electron chi connectivity index (χ4n) is 0.972. The number of hydrazone groups is 1. The number of nitrogens with zero attached hydrogens (tertiary/aromatic N) is 1. The van der Waals surface area contributed by atoms with Gasteiger partial charge in [0.25, 0.3) is 0 Å². The predicted molar refractivity (Wildman–Crippen MR) is 60.4 cm³/mol. The molecule has 0 spiro atoms. The van der Waals surface area contributed by atoms with Crippen molar-refractivity contribution < 1.29 is 13.9 Å². The average molecular weight is 224 g/mol. The molecule has 0 bridgehead atoms. The van der Waals surface area contributed by atoms with Crippen LogP contribution in [0.25, 0.3) is 0 Å². The van der Waals surface area contributed by atoms with Crippen LogP contribution >= 0.6 is 0 Å². The highest BCUT2D eigenvalue weighted by atomic mass is 16.6. The van der Waals surface area contributed by atoms with Gasteiger partial charge in [-0.05, 0) is 39.8 Å². The first kappa shape index (κ1) is 12.3. The third kappa shape index (κ3) is 4.63. The van der Waals surface area contributed by atoms with Crippen molar-refractivity contribution >= 4 is 12.3 Å². The second-order valence-electron chi connectivity index (χ2n) is 4.32. The summed E-state index contributed by atoms with van der Waals surface area (Å²) in [6, 6.07) is 3.57. The molecule has 0 radical (unpaired) electrons. The topological polar surface area (TPSA) is 63.8 Å². The molecule has 1 amide bonds. The van der Waals surface area contributed by atoms with Crippen molar-refractivity contribution in [1.82, 2.24) is 5.43 Å². The van der Waals surface area contributed by atoms with Crippen molar-refractivity contribution in [2.75, 3.05) is 0 Å². The van der Waals surface area contributed by atoms with E-state index in [2.05, 4.69) is 10.5 Å². The lowest BCUT2D eigenvalue weighted by molar-refractivity contribution is 0.0529. The van der Waals surface area contributed by atoms with Gasteiger partial charge in [0.05, 0.1) is 6.21 Å². The van der Waals surface area contributed by atoms with Crippen LogP contribution in [0.3, 0.4) is 0 Å². The van der Waals surface area contributed by atoms with Crippen molar-refractivity contribution in [3.05, 3.63) is 23.7 Å². The van der Waals surface area contributed by atoms with E-state index in [4.69, 9.17) is 9.15 Å². The molecule has 0 aliphatic heterocycles. The van der Waals surface area contributed by atoms with Crippen LogP contribution in [0.15, 0.2) is 21.7 Å². The average Bonchev–Trinajstić information content (AvgIpc) is 2.48. The Kier molecular flexibility index (Phi) is 3.71. The Hall–Kier alpha value is -1.78. The summed E-state index contributed by atoms with van der Waals surface area (Å²) in [7, 11) is 0. The maximum absolute atomic E-state index is 11.2. The van der Waals surface area contributed by atoms with Gasteiger partial charge >= 0.3 is 6.09 Å². The van der Waals surface area contributed by atoms with Crippen molar-refractivity contribution in [2.24, 2.45) is 5.10 Å². The molecule has 1 aromatic rings. The van der Waals surface area contributed by atoms with Gasteiger partial charge in [0, 0.05) is 0 Å². The van der Waals surface area contributed by atoms with E-state index >= 15 is 0 Å². The maximum Gasteiger partial charge on any atom is 0.428 e. The normalized spacial score (nSPS) is 11.8. The summed E-state index contributed by atoms with van der Waals surface area (Å²) in [6.07, 6.45) is 0.823. The molecule has 5 nitrogen and oxygen atoms in total. The molecule has 5 heteroatoms. The number of ether oxygens (including phenoxy) is 1. The number of rotatable bonds is 2. The summed E-state index contributed by atoms with van der Waals surface area (Å²) in [4.78, 5) is 11.2. The minimum Gasteiger partial charge on any atom is -0.460 e. The second kappa shape index (κ2) is 4.83. The van der Waals surface area contributed by atoms with Gasteiger partial charge in [0.1, 0.15) is 17.1 Å². The highest BCUT2D eigenvalue weighted by Gasteiger charge is 2.15. The van der Waals surface area contributed by atoms with Gasteiger partial charge in [-0.2, -0.15) is 5.10 Å².